The van der Waals surface area contributed by atoms with E-state index in [-0.39, 0.29) is 24.0 Å². The molecule has 0 saturated carbocycles. The lowest BCUT2D eigenvalue weighted by Crippen LogP contribution is -2.45. The van der Waals surface area contributed by atoms with Crippen LogP contribution in [0.3, 0.4) is 0 Å². The Balaban J connectivity index is 0.00000300. The van der Waals surface area contributed by atoms with E-state index in [0.717, 1.165) is 70.7 Å². The molecule has 9 heteroatoms. The van der Waals surface area contributed by atoms with Crippen LogP contribution in [-0.4, -0.2) is 71.6 Å². The Bertz CT molecular complexity index is 717. The third-order valence-electron chi connectivity index (χ3n) is 4.74. The number of ether oxygens (including phenoxy) is 1. The largest absolute Gasteiger partial charge is 0.379 e. The molecule has 29 heavy (non-hydrogen) atoms. The Morgan fingerprint density at radius 2 is 1.83 bits per heavy atom. The fourth-order valence-electron chi connectivity index (χ4n) is 3.12. The van der Waals surface area contributed by atoms with E-state index in [9.17, 15) is 0 Å². The summed E-state index contributed by atoms with van der Waals surface area (Å²) in [7, 11) is 0. The molecule has 3 rings (SSSR count). The van der Waals surface area contributed by atoms with E-state index in [1.54, 1.807) is 6.33 Å². The van der Waals surface area contributed by atoms with Gasteiger partial charge >= 0.3 is 0 Å². The number of halogens is 1. The van der Waals surface area contributed by atoms with Gasteiger partial charge in [-0.05, 0) is 5.56 Å². The van der Waals surface area contributed by atoms with Crippen LogP contribution in [0.4, 0.5) is 0 Å². The number of hydrogen-bond donors (Lipinski definition) is 2. The second-order valence-electron chi connectivity index (χ2n) is 6.75. The normalized spacial score (nSPS) is 15.0. The summed E-state index contributed by atoms with van der Waals surface area (Å²) in [4.78, 5) is 7.16. The summed E-state index contributed by atoms with van der Waals surface area (Å²) in [5.74, 6) is 1.84. The first-order chi connectivity index (χ1) is 13.8. The number of nitrogens with zero attached hydrogens (tertiary/aromatic N) is 5. The van der Waals surface area contributed by atoms with Crippen molar-refractivity contribution in [1.82, 2.24) is 30.3 Å². The number of nitrogens with one attached hydrogen (secondary N) is 2. The van der Waals surface area contributed by atoms with Gasteiger partial charge < -0.3 is 19.9 Å². The van der Waals surface area contributed by atoms with Crippen LogP contribution < -0.4 is 10.6 Å². The van der Waals surface area contributed by atoms with Gasteiger partial charge in [0.25, 0.3) is 0 Å². The molecule has 0 spiro atoms. The van der Waals surface area contributed by atoms with Crippen molar-refractivity contribution in [1.29, 1.82) is 0 Å². The van der Waals surface area contributed by atoms with E-state index < -0.39 is 0 Å². The lowest BCUT2D eigenvalue weighted by molar-refractivity contribution is 0.0389. The van der Waals surface area contributed by atoms with Crippen molar-refractivity contribution in [2.24, 2.45) is 4.99 Å². The molecule has 1 fully saturated rings. The van der Waals surface area contributed by atoms with Gasteiger partial charge in [-0.1, -0.05) is 37.3 Å². The zero-order chi connectivity index (χ0) is 19.4. The maximum Gasteiger partial charge on any atom is 0.191 e. The van der Waals surface area contributed by atoms with Crippen LogP contribution in [0.25, 0.3) is 0 Å². The number of aromatic nitrogens is 3. The van der Waals surface area contributed by atoms with Gasteiger partial charge in [0.15, 0.2) is 5.96 Å². The van der Waals surface area contributed by atoms with Gasteiger partial charge in [0.2, 0.25) is 0 Å². The van der Waals surface area contributed by atoms with Gasteiger partial charge in [-0.2, -0.15) is 0 Å². The molecule has 2 N–H and O–H groups in total. The molecule has 0 bridgehead atoms. The van der Waals surface area contributed by atoms with Crippen LogP contribution in [0.1, 0.15) is 18.3 Å². The molecule has 8 nitrogen and oxygen atoms in total. The average molecular weight is 513 g/mol. The lowest BCUT2D eigenvalue weighted by Gasteiger charge is -2.26. The first-order valence-corrected chi connectivity index (χ1v) is 10.1. The Morgan fingerprint density at radius 1 is 1.10 bits per heavy atom. The number of guanidine groups is 1. The fraction of sp³-hybridized carbons (Fsp3) is 0.550. The van der Waals surface area contributed by atoms with E-state index in [2.05, 4.69) is 49.4 Å². The Labute approximate surface area is 190 Å². The third kappa shape index (κ3) is 8.27. The van der Waals surface area contributed by atoms with E-state index in [4.69, 9.17) is 9.73 Å². The minimum atomic E-state index is 0. The highest BCUT2D eigenvalue weighted by Crippen LogP contribution is 2.00. The number of morpholine rings is 1. The molecule has 2 heterocycles. The first-order valence-electron chi connectivity index (χ1n) is 10.1. The van der Waals surface area contributed by atoms with E-state index in [0.29, 0.717) is 6.54 Å². The molecular formula is C20H32IN7O. The van der Waals surface area contributed by atoms with Crippen molar-refractivity contribution >= 4 is 29.9 Å². The van der Waals surface area contributed by atoms with Gasteiger partial charge in [-0.25, -0.2) is 4.99 Å². The van der Waals surface area contributed by atoms with Crippen LogP contribution in [-0.2, 0) is 24.2 Å². The average Bonchev–Trinajstić information content (AvgIpc) is 3.20. The highest BCUT2D eigenvalue weighted by Gasteiger charge is 2.10. The van der Waals surface area contributed by atoms with Crippen molar-refractivity contribution in [3.8, 4) is 0 Å². The van der Waals surface area contributed by atoms with Gasteiger partial charge in [0, 0.05) is 45.7 Å². The standard InChI is InChI=1S/C20H31N7O.HI/c1-2-19-25-24-17-27(19)11-9-22-20(23-16-18-6-4-3-5-7-18)21-8-10-26-12-14-28-15-13-26;/h3-7,17H,2,8-16H2,1H3,(H2,21,22,23);1H. The second kappa shape index (κ2) is 13.5. The minimum absolute atomic E-state index is 0. The summed E-state index contributed by atoms with van der Waals surface area (Å²) >= 11 is 0. The Hall–Kier alpha value is -1.72. The quantitative estimate of drug-likeness (QED) is 0.301. The second-order valence-corrected chi connectivity index (χ2v) is 6.75. The molecule has 0 unspecified atom stereocenters. The lowest BCUT2D eigenvalue weighted by atomic mass is 10.2. The minimum Gasteiger partial charge on any atom is -0.379 e. The molecule has 0 aliphatic carbocycles. The molecule has 0 amide bonds. The predicted octanol–water partition coefficient (Wildman–Crippen LogP) is 1.53. The van der Waals surface area contributed by atoms with Gasteiger partial charge in [0.1, 0.15) is 12.2 Å². The Morgan fingerprint density at radius 3 is 2.55 bits per heavy atom. The highest BCUT2D eigenvalue weighted by molar-refractivity contribution is 14.0. The molecule has 0 radical (unpaired) electrons. The summed E-state index contributed by atoms with van der Waals surface area (Å²) < 4.78 is 7.49. The van der Waals surface area contributed by atoms with E-state index in [1.807, 2.05) is 18.2 Å². The van der Waals surface area contributed by atoms with Crippen molar-refractivity contribution in [3.63, 3.8) is 0 Å². The molecule has 1 saturated heterocycles. The molecule has 2 aromatic rings. The highest BCUT2D eigenvalue weighted by atomic mass is 127. The van der Waals surface area contributed by atoms with Crippen LogP contribution in [0.2, 0.25) is 0 Å². The maximum atomic E-state index is 5.41. The summed E-state index contributed by atoms with van der Waals surface area (Å²) in [6.45, 7) is 9.81. The van der Waals surface area contributed by atoms with Crippen molar-refractivity contribution in [2.45, 2.75) is 26.4 Å². The van der Waals surface area contributed by atoms with Crippen molar-refractivity contribution in [3.05, 3.63) is 48.0 Å². The molecule has 0 atom stereocenters. The topological polar surface area (TPSA) is 79.6 Å². The summed E-state index contributed by atoms with van der Waals surface area (Å²) in [5.41, 5.74) is 1.20. The smallest absolute Gasteiger partial charge is 0.191 e. The SMILES string of the molecule is CCc1nncn1CCNC(=NCc1ccccc1)NCCN1CCOCC1.I. The molecule has 160 valence electrons. The maximum absolute atomic E-state index is 5.41. The zero-order valence-electron chi connectivity index (χ0n) is 17.1. The molecule has 1 aromatic carbocycles. The van der Waals surface area contributed by atoms with Crippen LogP contribution in [0.15, 0.2) is 41.7 Å². The molecule has 1 aliphatic rings. The number of benzene rings is 1. The van der Waals surface area contributed by atoms with Gasteiger partial charge in [-0.15, -0.1) is 34.2 Å². The number of rotatable bonds is 9. The number of aryl methyl sites for hydroxylation is 1. The van der Waals surface area contributed by atoms with E-state index in [1.165, 1.54) is 5.56 Å². The van der Waals surface area contributed by atoms with Crippen LogP contribution >= 0.6 is 24.0 Å². The summed E-state index contributed by atoms with van der Waals surface area (Å²) in [5, 5.41) is 15.0. The van der Waals surface area contributed by atoms with Gasteiger partial charge in [0.05, 0.1) is 19.8 Å². The Kier molecular flexibility index (Phi) is 11.0. The van der Waals surface area contributed by atoms with E-state index >= 15 is 0 Å². The molecule has 1 aromatic heterocycles. The zero-order valence-corrected chi connectivity index (χ0v) is 19.4. The fourth-order valence-corrected chi connectivity index (χ4v) is 3.12. The predicted molar refractivity (Wildman–Crippen MR) is 126 cm³/mol. The first kappa shape index (κ1) is 23.6. The summed E-state index contributed by atoms with van der Waals surface area (Å²) in [6, 6.07) is 10.3. The summed E-state index contributed by atoms with van der Waals surface area (Å²) in [6.07, 6.45) is 2.67. The van der Waals surface area contributed by atoms with Gasteiger partial charge in [-0.3, -0.25) is 4.90 Å². The van der Waals surface area contributed by atoms with Crippen LogP contribution in [0.5, 0.6) is 0 Å². The third-order valence-corrected chi connectivity index (χ3v) is 4.74. The number of aliphatic imine (C=N–C) groups is 1. The molecular weight excluding hydrogens is 481 g/mol. The van der Waals surface area contributed by atoms with Crippen molar-refractivity contribution < 1.29 is 4.74 Å². The number of hydrogen-bond acceptors (Lipinski definition) is 5. The molecule has 1 aliphatic heterocycles. The van der Waals surface area contributed by atoms with Crippen LogP contribution in [0, 0.1) is 0 Å². The monoisotopic (exact) mass is 513 g/mol. The van der Waals surface area contributed by atoms with Crippen molar-refractivity contribution in [2.75, 3.05) is 45.9 Å².